The first-order valence-electron chi connectivity index (χ1n) is 6.38. The van der Waals surface area contributed by atoms with Crippen LogP contribution < -0.4 is 10.4 Å². The molecular weight excluding hydrogens is 304 g/mol. The van der Waals surface area contributed by atoms with Crippen molar-refractivity contribution in [1.29, 1.82) is 0 Å². The van der Waals surface area contributed by atoms with Crippen LogP contribution in [0.3, 0.4) is 0 Å². The minimum absolute atomic E-state index is 0.680. The van der Waals surface area contributed by atoms with E-state index in [9.17, 15) is 0 Å². The van der Waals surface area contributed by atoms with Crippen LogP contribution in [0.2, 0.25) is 5.02 Å². The monoisotopic (exact) mass is 316 g/mol. The van der Waals surface area contributed by atoms with Crippen LogP contribution in [0.25, 0.3) is 10.6 Å². The lowest BCUT2D eigenvalue weighted by Crippen LogP contribution is -2.24. The van der Waals surface area contributed by atoms with E-state index in [2.05, 4.69) is 15.6 Å². The summed E-state index contributed by atoms with van der Waals surface area (Å²) < 4.78 is 0. The Morgan fingerprint density at radius 2 is 1.71 bits per heavy atom. The van der Waals surface area contributed by atoms with Crippen molar-refractivity contribution in [1.82, 2.24) is 10.2 Å². The molecule has 0 aliphatic heterocycles. The van der Waals surface area contributed by atoms with E-state index in [-0.39, 0.29) is 0 Å². The molecule has 0 saturated heterocycles. The fraction of sp³-hybridized carbons (Fsp3) is 0.0667. The van der Waals surface area contributed by atoms with Crippen molar-refractivity contribution in [2.45, 2.75) is 0 Å². The highest BCUT2D eigenvalue weighted by Crippen LogP contribution is 2.32. The van der Waals surface area contributed by atoms with Gasteiger partial charge in [-0.05, 0) is 18.2 Å². The largest absolute Gasteiger partial charge is 0.297 e. The Kier molecular flexibility index (Phi) is 4.03. The number of benzene rings is 2. The van der Waals surface area contributed by atoms with Gasteiger partial charge in [-0.2, -0.15) is 0 Å². The van der Waals surface area contributed by atoms with Crippen LogP contribution in [0.15, 0.2) is 54.6 Å². The molecule has 0 spiro atoms. The van der Waals surface area contributed by atoms with Crippen LogP contribution in [-0.4, -0.2) is 17.2 Å². The fourth-order valence-corrected chi connectivity index (χ4v) is 2.94. The number of aromatic nitrogens is 2. The van der Waals surface area contributed by atoms with Crippen molar-refractivity contribution in [2.75, 3.05) is 17.5 Å². The van der Waals surface area contributed by atoms with E-state index >= 15 is 0 Å². The molecule has 1 aromatic heterocycles. The molecule has 2 aromatic carbocycles. The number of rotatable bonds is 4. The van der Waals surface area contributed by atoms with E-state index in [0.29, 0.717) is 5.02 Å². The second kappa shape index (κ2) is 6.11. The van der Waals surface area contributed by atoms with Crippen LogP contribution in [0.5, 0.6) is 0 Å². The number of hydrogen-bond acceptors (Lipinski definition) is 5. The highest BCUT2D eigenvalue weighted by atomic mass is 35.5. The van der Waals surface area contributed by atoms with E-state index < -0.39 is 0 Å². The Bertz CT molecular complexity index is 729. The molecule has 6 heteroatoms. The zero-order valence-corrected chi connectivity index (χ0v) is 12.9. The Morgan fingerprint density at radius 3 is 2.48 bits per heavy atom. The molecule has 3 aromatic rings. The van der Waals surface area contributed by atoms with Gasteiger partial charge >= 0.3 is 0 Å². The normalized spacial score (nSPS) is 10.4. The lowest BCUT2D eigenvalue weighted by atomic mass is 10.2. The third-order valence-corrected chi connectivity index (χ3v) is 4.24. The van der Waals surface area contributed by atoms with Gasteiger partial charge in [0.05, 0.1) is 10.7 Å². The maximum Gasteiger partial charge on any atom is 0.226 e. The van der Waals surface area contributed by atoms with Crippen molar-refractivity contribution < 1.29 is 0 Å². The van der Waals surface area contributed by atoms with Crippen LogP contribution in [0.1, 0.15) is 0 Å². The van der Waals surface area contributed by atoms with Gasteiger partial charge in [-0.15, -0.1) is 10.2 Å². The van der Waals surface area contributed by atoms with Crippen LogP contribution in [-0.2, 0) is 0 Å². The van der Waals surface area contributed by atoms with Crippen molar-refractivity contribution in [3.8, 4) is 10.6 Å². The molecule has 0 unspecified atom stereocenters. The van der Waals surface area contributed by atoms with Crippen LogP contribution >= 0.6 is 22.9 Å². The Hall–Kier alpha value is -2.11. The van der Waals surface area contributed by atoms with Crippen molar-refractivity contribution in [3.63, 3.8) is 0 Å². The van der Waals surface area contributed by atoms with Crippen molar-refractivity contribution >= 4 is 33.8 Å². The quantitative estimate of drug-likeness (QED) is 0.728. The van der Waals surface area contributed by atoms with Gasteiger partial charge in [-0.1, -0.05) is 59.3 Å². The summed E-state index contributed by atoms with van der Waals surface area (Å²) in [7, 11) is 1.91. The Labute approximate surface area is 132 Å². The van der Waals surface area contributed by atoms with Gasteiger partial charge in [-0.3, -0.25) is 10.4 Å². The summed E-state index contributed by atoms with van der Waals surface area (Å²) in [5, 5.41) is 12.5. The summed E-state index contributed by atoms with van der Waals surface area (Å²) in [4.78, 5) is 0. The number of nitrogens with one attached hydrogen (secondary N) is 1. The maximum atomic E-state index is 6.19. The summed E-state index contributed by atoms with van der Waals surface area (Å²) in [6, 6.07) is 17.5. The molecule has 0 saturated carbocycles. The minimum Gasteiger partial charge on any atom is -0.297 e. The summed E-state index contributed by atoms with van der Waals surface area (Å²) in [6.45, 7) is 0. The van der Waals surface area contributed by atoms with Crippen molar-refractivity contribution in [3.05, 3.63) is 59.6 Å². The minimum atomic E-state index is 0.680. The second-order valence-electron chi connectivity index (χ2n) is 4.41. The SMILES string of the molecule is CN(Nc1ccccc1)c1nnc(-c2ccccc2Cl)s1. The van der Waals surface area contributed by atoms with Gasteiger partial charge in [0.1, 0.15) is 0 Å². The zero-order valence-electron chi connectivity index (χ0n) is 11.3. The maximum absolute atomic E-state index is 6.19. The first kappa shape index (κ1) is 13.9. The molecule has 0 bridgehead atoms. The number of hydrogen-bond donors (Lipinski definition) is 1. The van der Waals surface area contributed by atoms with Crippen LogP contribution in [0, 0.1) is 0 Å². The molecule has 3 rings (SSSR count). The van der Waals surface area contributed by atoms with E-state index in [1.165, 1.54) is 11.3 Å². The molecule has 0 radical (unpaired) electrons. The molecule has 106 valence electrons. The van der Waals surface area contributed by atoms with Gasteiger partial charge < -0.3 is 0 Å². The van der Waals surface area contributed by atoms with E-state index in [1.807, 2.05) is 66.7 Å². The third kappa shape index (κ3) is 3.15. The number of anilines is 2. The predicted octanol–water partition coefficient (Wildman–Crippen LogP) is 4.32. The molecule has 0 aliphatic rings. The number of hydrazine groups is 1. The first-order chi connectivity index (χ1) is 10.2. The lowest BCUT2D eigenvalue weighted by Gasteiger charge is -2.17. The highest BCUT2D eigenvalue weighted by molar-refractivity contribution is 7.18. The molecule has 0 fully saturated rings. The highest BCUT2D eigenvalue weighted by Gasteiger charge is 2.12. The topological polar surface area (TPSA) is 41.0 Å². The molecule has 4 nitrogen and oxygen atoms in total. The lowest BCUT2D eigenvalue weighted by molar-refractivity contribution is 1.00. The molecular formula is C15H13ClN4S. The second-order valence-corrected chi connectivity index (χ2v) is 5.77. The van der Waals surface area contributed by atoms with Crippen LogP contribution in [0.4, 0.5) is 10.8 Å². The predicted molar refractivity (Wildman–Crippen MR) is 88.8 cm³/mol. The first-order valence-corrected chi connectivity index (χ1v) is 7.57. The van der Waals surface area contributed by atoms with Crippen molar-refractivity contribution in [2.24, 2.45) is 0 Å². The van der Waals surface area contributed by atoms with Gasteiger partial charge in [0.2, 0.25) is 5.13 Å². The molecule has 21 heavy (non-hydrogen) atoms. The summed E-state index contributed by atoms with van der Waals surface area (Å²) >= 11 is 7.67. The van der Waals surface area contributed by atoms with E-state index in [1.54, 1.807) is 0 Å². The molecule has 0 aliphatic carbocycles. The smallest absolute Gasteiger partial charge is 0.226 e. The summed E-state index contributed by atoms with van der Waals surface area (Å²) in [6.07, 6.45) is 0. The average Bonchev–Trinajstić information content (AvgIpc) is 2.98. The fourth-order valence-electron chi connectivity index (χ4n) is 1.85. The number of nitrogens with zero attached hydrogens (tertiary/aromatic N) is 3. The molecule has 1 N–H and O–H groups in total. The van der Waals surface area contributed by atoms with E-state index in [0.717, 1.165) is 21.4 Å². The third-order valence-electron chi connectivity index (χ3n) is 2.88. The molecule has 0 amide bonds. The molecule has 1 heterocycles. The van der Waals surface area contributed by atoms with Gasteiger partial charge in [0.15, 0.2) is 5.01 Å². The molecule has 0 atom stereocenters. The standard InChI is InChI=1S/C15H13ClN4S/c1-20(19-11-7-3-2-4-8-11)15-18-17-14(21-15)12-9-5-6-10-13(12)16/h2-10,19H,1H3. The summed E-state index contributed by atoms with van der Waals surface area (Å²) in [5.41, 5.74) is 5.14. The Balaban J connectivity index is 1.80. The number of halogens is 1. The average molecular weight is 317 g/mol. The van der Waals surface area contributed by atoms with Gasteiger partial charge in [-0.25, -0.2) is 0 Å². The number of para-hydroxylation sites is 1. The van der Waals surface area contributed by atoms with Gasteiger partial charge in [0, 0.05) is 12.6 Å². The summed E-state index contributed by atoms with van der Waals surface area (Å²) in [5.74, 6) is 0. The Morgan fingerprint density at radius 1 is 1.00 bits per heavy atom. The zero-order chi connectivity index (χ0) is 14.7. The van der Waals surface area contributed by atoms with Gasteiger partial charge in [0.25, 0.3) is 0 Å². The van der Waals surface area contributed by atoms with E-state index in [4.69, 9.17) is 11.6 Å².